The van der Waals surface area contributed by atoms with Crippen molar-refractivity contribution in [3.63, 3.8) is 0 Å². The molecule has 1 aromatic heterocycles. The molecule has 0 bridgehead atoms. The van der Waals surface area contributed by atoms with Gasteiger partial charge in [-0.25, -0.2) is 9.79 Å². The Morgan fingerprint density at radius 1 is 1.25 bits per heavy atom. The number of aromatic nitrogens is 2. The van der Waals surface area contributed by atoms with E-state index in [1.54, 1.807) is 0 Å². The highest BCUT2D eigenvalue weighted by molar-refractivity contribution is 5.77. The number of aromatic hydroxyl groups is 1. The van der Waals surface area contributed by atoms with E-state index in [9.17, 15) is 19.5 Å². The molecule has 1 aromatic carbocycles. The van der Waals surface area contributed by atoms with Gasteiger partial charge in [0.25, 0.3) is 5.56 Å². The Morgan fingerprint density at radius 2 is 1.96 bits per heavy atom. The minimum absolute atomic E-state index is 0.00848. The lowest BCUT2D eigenvalue weighted by molar-refractivity contribution is -0.118. The lowest BCUT2D eigenvalue weighted by Gasteiger charge is -2.09. The first kappa shape index (κ1) is 19.3. The van der Waals surface area contributed by atoms with E-state index in [0.717, 1.165) is 30.8 Å². The number of carbonyl (C=O) groups excluding carboxylic acids is 1. The normalized spacial score (nSPS) is 14.1. The highest BCUT2D eigenvalue weighted by Crippen LogP contribution is 2.22. The van der Waals surface area contributed by atoms with Gasteiger partial charge in [0.2, 0.25) is 11.8 Å². The summed E-state index contributed by atoms with van der Waals surface area (Å²) in [5.41, 5.74) is 1.16. The molecule has 2 aromatic rings. The first-order chi connectivity index (χ1) is 13.2. The van der Waals surface area contributed by atoms with Gasteiger partial charge in [-0.1, -0.05) is 18.2 Å². The van der Waals surface area contributed by atoms with Crippen LogP contribution >= 0.6 is 0 Å². The molecule has 28 heavy (non-hydrogen) atoms. The molecule has 1 aliphatic rings. The zero-order valence-electron chi connectivity index (χ0n) is 16.2. The molecule has 1 amide bonds. The molecule has 0 atom stereocenters. The van der Waals surface area contributed by atoms with Gasteiger partial charge in [-0.15, -0.1) is 0 Å². The third kappa shape index (κ3) is 3.28. The van der Waals surface area contributed by atoms with Gasteiger partial charge in [0.15, 0.2) is 0 Å². The lowest BCUT2D eigenvalue weighted by atomic mass is 10.0. The molecule has 146 valence electrons. The second kappa shape index (κ2) is 7.30. The number of nitrogens with zero attached hydrogens (tertiary/aromatic N) is 3. The summed E-state index contributed by atoms with van der Waals surface area (Å²) in [6.07, 6.45) is 2.01. The number of fused-ring (bicyclic) bond motifs is 1. The van der Waals surface area contributed by atoms with Crippen LogP contribution in [0, 0.1) is 6.92 Å². The lowest BCUT2D eigenvalue weighted by Crippen LogP contribution is -2.38. The maximum Gasteiger partial charge on any atom is 0.333 e. The molecule has 2 heterocycles. The number of allylic oxidation sites excluding steroid dienone is 1. The molecule has 0 radical (unpaired) electrons. The Labute approximate surface area is 160 Å². The molecular formula is C20H22N4O4. The Hall–Kier alpha value is -3.42. The summed E-state index contributed by atoms with van der Waals surface area (Å²) in [4.78, 5) is 40.4. The van der Waals surface area contributed by atoms with Crippen molar-refractivity contribution in [2.45, 2.75) is 20.3 Å². The van der Waals surface area contributed by atoms with Gasteiger partial charge < -0.3 is 10.4 Å². The molecule has 2 N–H and O–H groups in total. The molecule has 0 saturated carbocycles. The number of hydrogen-bond donors (Lipinski definition) is 2. The summed E-state index contributed by atoms with van der Waals surface area (Å²) in [6.45, 7) is 3.81. The van der Waals surface area contributed by atoms with Crippen molar-refractivity contribution in [3.8, 4) is 5.88 Å². The Balaban J connectivity index is 2.22. The van der Waals surface area contributed by atoms with Gasteiger partial charge in [-0.05, 0) is 30.6 Å². The zero-order valence-corrected chi connectivity index (χ0v) is 16.2. The molecule has 3 rings (SSSR count). The summed E-state index contributed by atoms with van der Waals surface area (Å²) in [5.74, 6) is -0.542. The number of hydrogen-bond acceptors (Lipinski definition) is 5. The van der Waals surface area contributed by atoms with Crippen LogP contribution in [0.2, 0.25) is 0 Å². The fourth-order valence-electron chi connectivity index (χ4n) is 3.24. The average Bonchev–Trinajstić information content (AvgIpc) is 3.01. The van der Waals surface area contributed by atoms with E-state index in [2.05, 4.69) is 10.3 Å². The second-order valence-electron chi connectivity index (χ2n) is 6.77. The third-order valence-corrected chi connectivity index (χ3v) is 4.80. The molecule has 0 aliphatic carbocycles. The van der Waals surface area contributed by atoms with E-state index >= 15 is 0 Å². The fraction of sp³-hybridized carbons (Fsp3) is 0.300. The van der Waals surface area contributed by atoms with Gasteiger partial charge >= 0.3 is 5.69 Å². The number of amides is 1. The van der Waals surface area contributed by atoms with Gasteiger partial charge in [-0.3, -0.25) is 18.7 Å². The number of para-hydroxylation sites is 1. The van der Waals surface area contributed by atoms with E-state index in [4.69, 9.17) is 0 Å². The molecule has 1 aliphatic heterocycles. The smallest absolute Gasteiger partial charge is 0.333 e. The van der Waals surface area contributed by atoms with Crippen molar-refractivity contribution in [2.75, 3.05) is 6.54 Å². The van der Waals surface area contributed by atoms with Crippen molar-refractivity contribution >= 4 is 17.6 Å². The number of benzene rings is 1. The first-order valence-electron chi connectivity index (χ1n) is 8.85. The van der Waals surface area contributed by atoms with E-state index in [-0.39, 0.29) is 11.5 Å². The Morgan fingerprint density at radius 3 is 2.64 bits per heavy atom. The maximum absolute atomic E-state index is 12.5. The third-order valence-electron chi connectivity index (χ3n) is 4.80. The Kier molecular flexibility index (Phi) is 5.04. The monoisotopic (exact) mass is 382 g/mol. The van der Waals surface area contributed by atoms with Gasteiger partial charge in [0.05, 0.1) is 11.1 Å². The van der Waals surface area contributed by atoms with Gasteiger partial charge in [-0.2, -0.15) is 0 Å². The van der Waals surface area contributed by atoms with Crippen LogP contribution in [0.25, 0.3) is 11.6 Å². The second-order valence-corrected chi connectivity index (χ2v) is 6.77. The average molecular weight is 382 g/mol. The summed E-state index contributed by atoms with van der Waals surface area (Å²) in [5, 5.41) is 14.8. The van der Waals surface area contributed by atoms with Crippen molar-refractivity contribution in [1.82, 2.24) is 14.5 Å². The van der Waals surface area contributed by atoms with E-state index in [1.807, 2.05) is 25.1 Å². The number of nitrogens with one attached hydrogen (secondary N) is 1. The van der Waals surface area contributed by atoms with Crippen LogP contribution in [-0.4, -0.2) is 26.7 Å². The quantitative estimate of drug-likeness (QED) is 0.740. The highest BCUT2D eigenvalue weighted by atomic mass is 16.3. The molecule has 8 nitrogen and oxygen atoms in total. The van der Waals surface area contributed by atoms with Crippen LogP contribution < -0.4 is 27.1 Å². The molecule has 0 unspecified atom stereocenters. The fourth-order valence-corrected chi connectivity index (χ4v) is 3.24. The topological polar surface area (TPSA) is 106 Å². The summed E-state index contributed by atoms with van der Waals surface area (Å²) < 4.78 is 1.95. The van der Waals surface area contributed by atoms with E-state index in [1.165, 1.54) is 27.1 Å². The Bertz CT molecular complexity index is 1250. The van der Waals surface area contributed by atoms with Gasteiger partial charge in [0.1, 0.15) is 5.56 Å². The standard InChI is InChI=1S/C20H22N4O4/c1-11-6-5-7-14-13(8-9-21-12(2)25)16(22-17(11)14)10-15-18(26)23(3)20(28)24(4)19(15)27/h5-7,10,26H,8-9H2,1-4H3,(H,21,25)/b16-10-. The van der Waals surface area contributed by atoms with Crippen LogP contribution in [0.15, 0.2) is 38.5 Å². The molecule has 0 fully saturated rings. The van der Waals surface area contributed by atoms with Crippen LogP contribution in [0.1, 0.15) is 24.5 Å². The van der Waals surface area contributed by atoms with Crippen molar-refractivity contribution in [3.05, 3.63) is 66.4 Å². The van der Waals surface area contributed by atoms with Crippen LogP contribution in [0.5, 0.6) is 5.88 Å². The minimum atomic E-state index is -0.609. The minimum Gasteiger partial charge on any atom is -0.494 e. The van der Waals surface area contributed by atoms with Crippen molar-refractivity contribution < 1.29 is 9.90 Å². The first-order valence-corrected chi connectivity index (χ1v) is 8.85. The highest BCUT2D eigenvalue weighted by Gasteiger charge is 2.18. The van der Waals surface area contributed by atoms with Crippen molar-refractivity contribution in [2.24, 2.45) is 19.1 Å². The number of rotatable bonds is 4. The summed E-state index contributed by atoms with van der Waals surface area (Å²) in [6, 6.07) is 5.81. The van der Waals surface area contributed by atoms with Crippen LogP contribution in [0.3, 0.4) is 0 Å². The van der Waals surface area contributed by atoms with Crippen LogP contribution in [-0.2, 0) is 18.9 Å². The summed E-state index contributed by atoms with van der Waals surface area (Å²) >= 11 is 0. The van der Waals surface area contributed by atoms with E-state index in [0.29, 0.717) is 18.7 Å². The molecule has 0 saturated heterocycles. The predicted octanol–water partition coefficient (Wildman–Crippen LogP) is -0.551. The zero-order chi connectivity index (χ0) is 20.6. The van der Waals surface area contributed by atoms with E-state index < -0.39 is 17.1 Å². The maximum atomic E-state index is 12.5. The molecule has 0 spiro atoms. The number of aryl methyl sites for hydroxylation is 1. The molecular weight excluding hydrogens is 360 g/mol. The van der Waals surface area contributed by atoms with Crippen LogP contribution in [0.4, 0.5) is 0 Å². The predicted molar refractivity (Wildman–Crippen MR) is 105 cm³/mol. The summed E-state index contributed by atoms with van der Waals surface area (Å²) in [7, 11) is 2.75. The molecule has 8 heteroatoms. The van der Waals surface area contributed by atoms with Crippen molar-refractivity contribution in [1.29, 1.82) is 0 Å². The SMILES string of the molecule is CC(=O)NCCC1=c2cccc(C)c2=N/C1=C\c1c(O)n(C)c(=O)n(C)c1=O. The number of carbonyl (C=O) groups is 1. The van der Waals surface area contributed by atoms with Gasteiger partial charge in [0, 0.05) is 32.8 Å². The largest absolute Gasteiger partial charge is 0.494 e.